The number of nitrogens with one attached hydrogen (secondary N) is 2. The molecule has 1 aliphatic carbocycles. The monoisotopic (exact) mass is 554 g/mol. The molecule has 5 heteroatoms. The summed E-state index contributed by atoms with van der Waals surface area (Å²) in [7, 11) is 0. The summed E-state index contributed by atoms with van der Waals surface area (Å²) < 4.78 is 0. The molecule has 3 aromatic rings. The molecule has 41 heavy (non-hydrogen) atoms. The van der Waals surface area contributed by atoms with E-state index in [-0.39, 0.29) is 6.04 Å². The second-order valence-electron chi connectivity index (χ2n) is 10.9. The van der Waals surface area contributed by atoms with Gasteiger partial charge in [0.2, 0.25) is 0 Å². The second-order valence-corrected chi connectivity index (χ2v) is 12.1. The molecule has 0 spiro atoms. The molecular formula is C36H34N4S. The zero-order valence-electron chi connectivity index (χ0n) is 23.1. The number of fused-ring (bicyclic) bond motifs is 3. The highest BCUT2D eigenvalue weighted by Crippen LogP contribution is 2.43. The van der Waals surface area contributed by atoms with Crippen molar-refractivity contribution in [3.8, 4) is 0 Å². The molecule has 1 atom stereocenters. The molecular weight excluding hydrogens is 520 g/mol. The summed E-state index contributed by atoms with van der Waals surface area (Å²) in [5, 5.41) is 7.63. The minimum atomic E-state index is 0.123. The summed E-state index contributed by atoms with van der Waals surface area (Å²) in [6.07, 6.45) is 15.7. The molecule has 7 rings (SSSR count). The third-order valence-corrected chi connectivity index (χ3v) is 9.20. The Balaban J connectivity index is 1.25. The molecule has 4 nitrogen and oxygen atoms in total. The Morgan fingerprint density at radius 3 is 2.29 bits per heavy atom. The molecule has 0 radical (unpaired) electrons. The van der Waals surface area contributed by atoms with Crippen LogP contribution in [-0.4, -0.2) is 6.04 Å². The lowest BCUT2D eigenvalue weighted by Gasteiger charge is -2.35. The van der Waals surface area contributed by atoms with Crippen molar-refractivity contribution >= 4 is 23.1 Å². The van der Waals surface area contributed by atoms with E-state index in [0.717, 1.165) is 53.4 Å². The van der Waals surface area contributed by atoms with E-state index < -0.39 is 0 Å². The number of nitrogens with two attached hydrogens (primary N) is 1. The predicted molar refractivity (Wildman–Crippen MR) is 172 cm³/mol. The molecule has 4 N–H and O–H groups in total. The van der Waals surface area contributed by atoms with Gasteiger partial charge in [-0.3, -0.25) is 4.90 Å². The maximum Gasteiger partial charge on any atom is 0.116 e. The lowest BCUT2D eigenvalue weighted by Crippen LogP contribution is -2.33. The fraction of sp³-hybridized carbons (Fsp3) is 0.167. The van der Waals surface area contributed by atoms with Crippen LogP contribution in [0.5, 0.6) is 0 Å². The van der Waals surface area contributed by atoms with Crippen molar-refractivity contribution in [3.63, 3.8) is 0 Å². The van der Waals surface area contributed by atoms with Crippen molar-refractivity contribution in [3.05, 3.63) is 165 Å². The Morgan fingerprint density at radius 1 is 0.878 bits per heavy atom. The zero-order valence-corrected chi connectivity index (χ0v) is 23.9. The van der Waals surface area contributed by atoms with E-state index in [0.29, 0.717) is 0 Å². The van der Waals surface area contributed by atoms with Gasteiger partial charge in [0.15, 0.2) is 0 Å². The van der Waals surface area contributed by atoms with Crippen LogP contribution in [0.4, 0.5) is 11.4 Å². The summed E-state index contributed by atoms with van der Waals surface area (Å²) in [5.41, 5.74) is 17.7. The normalized spacial score (nSPS) is 21.9. The predicted octanol–water partition coefficient (Wildman–Crippen LogP) is 7.47. The average Bonchev–Trinajstić information content (AvgIpc) is 3.14. The van der Waals surface area contributed by atoms with E-state index in [1.165, 1.54) is 44.9 Å². The van der Waals surface area contributed by atoms with E-state index in [2.05, 4.69) is 119 Å². The number of nitrogens with zero attached hydrogens (tertiary/aromatic N) is 1. The summed E-state index contributed by atoms with van der Waals surface area (Å²) in [4.78, 5) is 4.34. The number of hydrogen-bond acceptors (Lipinski definition) is 5. The number of hydrogen-bond donors (Lipinski definition) is 3. The highest BCUT2D eigenvalue weighted by Gasteiger charge is 2.28. The van der Waals surface area contributed by atoms with Gasteiger partial charge in [0.1, 0.15) is 5.82 Å². The molecule has 3 aliphatic heterocycles. The molecule has 204 valence electrons. The van der Waals surface area contributed by atoms with Crippen LogP contribution in [0.3, 0.4) is 0 Å². The van der Waals surface area contributed by atoms with Crippen LogP contribution >= 0.6 is 11.8 Å². The van der Waals surface area contributed by atoms with Gasteiger partial charge in [0.25, 0.3) is 0 Å². The van der Waals surface area contributed by atoms with Crippen LogP contribution in [0, 0.1) is 0 Å². The minimum Gasteiger partial charge on any atom is -0.403 e. The van der Waals surface area contributed by atoms with Gasteiger partial charge in [0, 0.05) is 34.2 Å². The number of thioether (sulfide) groups is 1. The molecule has 3 aromatic carbocycles. The molecule has 3 heterocycles. The Morgan fingerprint density at radius 2 is 1.56 bits per heavy atom. The van der Waals surface area contributed by atoms with Gasteiger partial charge < -0.3 is 16.4 Å². The average molecular weight is 555 g/mol. The summed E-state index contributed by atoms with van der Waals surface area (Å²) in [6.45, 7) is 4.45. The third kappa shape index (κ3) is 5.02. The topological polar surface area (TPSA) is 53.3 Å². The fourth-order valence-corrected chi connectivity index (χ4v) is 7.22. The maximum atomic E-state index is 6.34. The molecule has 0 saturated carbocycles. The van der Waals surface area contributed by atoms with E-state index in [1.807, 2.05) is 0 Å². The van der Waals surface area contributed by atoms with Gasteiger partial charge in [-0.05, 0) is 77.8 Å². The Labute approximate surface area is 246 Å². The van der Waals surface area contributed by atoms with Gasteiger partial charge in [-0.1, -0.05) is 91.2 Å². The molecule has 0 bridgehead atoms. The minimum absolute atomic E-state index is 0.123. The second kappa shape index (κ2) is 10.9. The molecule has 4 aliphatic rings. The van der Waals surface area contributed by atoms with Crippen LogP contribution in [0.15, 0.2) is 142 Å². The quantitative estimate of drug-likeness (QED) is 0.307. The highest BCUT2D eigenvalue weighted by atomic mass is 32.2. The van der Waals surface area contributed by atoms with E-state index in [9.17, 15) is 0 Å². The van der Waals surface area contributed by atoms with Crippen LogP contribution in [0.1, 0.15) is 35.1 Å². The molecule has 0 fully saturated rings. The van der Waals surface area contributed by atoms with Gasteiger partial charge in [-0.15, -0.1) is 0 Å². The summed E-state index contributed by atoms with van der Waals surface area (Å²) in [6, 6.07) is 26.2. The SMILES string of the molecule is C=C1C=C(N2c3ccccc3Cc3ccccc32)NC(=C/N)/C(=C\C2Cc3ccccc3CC3=C(CCC=C3)N2)S1. The molecule has 0 saturated heterocycles. The van der Waals surface area contributed by atoms with Crippen molar-refractivity contribution < 1.29 is 0 Å². The Hall–Kier alpha value is -4.35. The maximum absolute atomic E-state index is 6.34. The number of benzene rings is 3. The van der Waals surface area contributed by atoms with E-state index in [1.54, 1.807) is 18.0 Å². The van der Waals surface area contributed by atoms with Gasteiger partial charge in [0.05, 0.1) is 17.1 Å². The smallest absolute Gasteiger partial charge is 0.116 e. The first-order valence-corrected chi connectivity index (χ1v) is 15.2. The molecule has 0 amide bonds. The van der Waals surface area contributed by atoms with Gasteiger partial charge >= 0.3 is 0 Å². The zero-order chi connectivity index (χ0) is 27.8. The largest absolute Gasteiger partial charge is 0.403 e. The Bertz CT molecular complexity index is 1640. The summed E-state index contributed by atoms with van der Waals surface area (Å²) in [5.74, 6) is 0.945. The van der Waals surface area contributed by atoms with Crippen molar-refractivity contribution in [1.29, 1.82) is 0 Å². The van der Waals surface area contributed by atoms with Crippen LogP contribution < -0.4 is 21.3 Å². The van der Waals surface area contributed by atoms with Crippen LogP contribution in [0.25, 0.3) is 0 Å². The van der Waals surface area contributed by atoms with Gasteiger partial charge in [-0.25, -0.2) is 0 Å². The highest BCUT2D eigenvalue weighted by molar-refractivity contribution is 8.07. The first-order valence-electron chi connectivity index (χ1n) is 14.3. The van der Waals surface area contributed by atoms with Crippen LogP contribution in [-0.2, 0) is 19.3 Å². The number of anilines is 2. The number of para-hydroxylation sites is 2. The first-order chi connectivity index (χ1) is 20.2. The fourth-order valence-electron chi connectivity index (χ4n) is 6.31. The third-order valence-electron chi connectivity index (χ3n) is 8.24. The van der Waals surface area contributed by atoms with Crippen molar-refractivity contribution in [2.24, 2.45) is 5.73 Å². The van der Waals surface area contributed by atoms with Crippen molar-refractivity contribution in [2.45, 2.75) is 38.1 Å². The van der Waals surface area contributed by atoms with E-state index >= 15 is 0 Å². The lowest BCUT2D eigenvalue weighted by molar-refractivity contribution is 0.618. The number of allylic oxidation sites excluding steroid dienone is 5. The number of rotatable bonds is 2. The standard InChI is InChI=1S/C36H34N4S/c1-24-18-36(40-33-16-8-5-13-28(33)20-29-14-6-9-17-34(29)40)39-32(23-37)35(41-24)22-30-21-26-11-3-2-10-25(26)19-27-12-4-7-15-31(27)38-30/h2-6,8-14,16-18,22-23,30,38-39H,1,7,15,19-21,37H2/b32-23+,35-22+. The molecule has 1 unspecified atom stereocenters. The van der Waals surface area contributed by atoms with Crippen molar-refractivity contribution in [2.75, 3.05) is 4.90 Å². The van der Waals surface area contributed by atoms with E-state index in [4.69, 9.17) is 5.73 Å². The summed E-state index contributed by atoms with van der Waals surface area (Å²) >= 11 is 1.67. The van der Waals surface area contributed by atoms with Crippen molar-refractivity contribution in [1.82, 2.24) is 10.6 Å². The first kappa shape index (κ1) is 25.6. The lowest BCUT2D eigenvalue weighted by atomic mass is 9.89. The Kier molecular flexibility index (Phi) is 6.81. The molecule has 0 aromatic heterocycles. The van der Waals surface area contributed by atoms with Gasteiger partial charge in [-0.2, -0.15) is 0 Å². The van der Waals surface area contributed by atoms with Crippen LogP contribution in [0.2, 0.25) is 0 Å².